The summed E-state index contributed by atoms with van der Waals surface area (Å²) < 4.78 is 38.8. The Labute approximate surface area is 266 Å². The minimum atomic E-state index is -4.10. The predicted molar refractivity (Wildman–Crippen MR) is 175 cm³/mol. The second-order valence-corrected chi connectivity index (χ2v) is 12.0. The molecule has 0 bridgehead atoms. The number of hydrogen-bond acceptors (Lipinski definition) is 7. The monoisotopic (exact) mass is 662 g/mol. The van der Waals surface area contributed by atoms with Gasteiger partial charge < -0.3 is 20.1 Å². The molecule has 0 unspecified atom stereocenters. The van der Waals surface area contributed by atoms with E-state index in [1.54, 1.807) is 55.5 Å². The van der Waals surface area contributed by atoms with Gasteiger partial charge in [0.25, 0.3) is 0 Å². The average molecular weight is 664 g/mol. The second kappa shape index (κ2) is 18.2. The molecule has 2 aromatic rings. The number of carbonyl (C=O) groups is 1. The highest BCUT2D eigenvalue weighted by Crippen LogP contribution is 2.33. The normalized spacial score (nSPS) is 14.1. The molecule has 0 saturated carbocycles. The van der Waals surface area contributed by atoms with Gasteiger partial charge in [-0.3, -0.25) is 14.5 Å². The number of anilines is 1. The maximum atomic E-state index is 13.3. The number of nitrogens with one attached hydrogen (secondary N) is 1. The SMILES string of the molecule is CCCCN1CCC(Oc2ccc(N(C/C=C/c3cccc(C(=N)N)c3)S(=O)(=O)CC(=O)OCC)cc2Cl)CC1.Cl.Cl. The quantitative estimate of drug-likeness (QED) is 0.155. The van der Waals surface area contributed by atoms with Crippen LogP contribution in [0.15, 0.2) is 48.5 Å². The fourth-order valence-electron chi connectivity index (χ4n) is 4.46. The summed E-state index contributed by atoms with van der Waals surface area (Å²) in [7, 11) is -4.10. The molecule has 234 valence electrons. The number of benzene rings is 2. The van der Waals surface area contributed by atoms with Crippen molar-refractivity contribution in [1.82, 2.24) is 4.90 Å². The highest BCUT2D eigenvalue weighted by atomic mass is 35.5. The van der Waals surface area contributed by atoms with Crippen molar-refractivity contribution >= 4 is 70.0 Å². The number of nitrogens with two attached hydrogens (primary N) is 1. The van der Waals surface area contributed by atoms with Gasteiger partial charge in [0.15, 0.2) is 5.75 Å². The summed E-state index contributed by atoms with van der Waals surface area (Å²) in [5.41, 5.74) is 7.19. The van der Waals surface area contributed by atoms with Crippen LogP contribution in [0, 0.1) is 5.41 Å². The van der Waals surface area contributed by atoms with E-state index in [0.717, 1.165) is 42.3 Å². The number of esters is 1. The van der Waals surface area contributed by atoms with Crippen LogP contribution in [-0.4, -0.2) is 69.8 Å². The Morgan fingerprint density at radius 2 is 1.88 bits per heavy atom. The Hall–Kier alpha value is -2.50. The second-order valence-electron chi connectivity index (χ2n) is 9.66. The number of piperidine rings is 1. The lowest BCUT2D eigenvalue weighted by atomic mass is 10.1. The third kappa shape index (κ3) is 11.3. The standard InChI is InChI=1S/C29H39ClN4O5S.2ClH/c1-3-5-15-33-17-13-25(14-18-33)39-27-12-11-24(20-26(27)30)34(40(36,37)21-28(35)38-4-2)16-7-9-22-8-6-10-23(19-22)29(31)32;;/h6-12,19-20,25H,3-5,13-18,21H2,1-2H3,(H3,31,32);2*1H/b9-7+;;. The molecule has 0 atom stereocenters. The summed E-state index contributed by atoms with van der Waals surface area (Å²) in [4.78, 5) is 14.5. The van der Waals surface area contributed by atoms with Crippen molar-refractivity contribution in [3.05, 3.63) is 64.7 Å². The van der Waals surface area contributed by atoms with Crippen LogP contribution in [-0.2, 0) is 19.6 Å². The highest BCUT2D eigenvalue weighted by molar-refractivity contribution is 7.93. The Balaban J connectivity index is 0.00000441. The van der Waals surface area contributed by atoms with Gasteiger partial charge in [0.1, 0.15) is 17.7 Å². The molecule has 0 amide bonds. The number of sulfonamides is 1. The van der Waals surface area contributed by atoms with Crippen molar-refractivity contribution < 1.29 is 22.7 Å². The van der Waals surface area contributed by atoms with Crippen molar-refractivity contribution in [3.63, 3.8) is 0 Å². The molecule has 3 N–H and O–H groups in total. The number of halogens is 3. The molecule has 1 heterocycles. The summed E-state index contributed by atoms with van der Waals surface area (Å²) >= 11 is 6.57. The zero-order chi connectivity index (χ0) is 29.1. The predicted octanol–water partition coefficient (Wildman–Crippen LogP) is 5.52. The molecule has 0 aliphatic carbocycles. The number of carbonyl (C=O) groups excluding carboxylic acids is 1. The maximum absolute atomic E-state index is 13.3. The molecule has 2 aromatic carbocycles. The van der Waals surface area contributed by atoms with Gasteiger partial charge >= 0.3 is 5.97 Å². The van der Waals surface area contributed by atoms with E-state index in [1.807, 2.05) is 6.07 Å². The van der Waals surface area contributed by atoms with Gasteiger partial charge in [-0.05, 0) is 62.6 Å². The van der Waals surface area contributed by atoms with Crippen LogP contribution in [0.4, 0.5) is 5.69 Å². The van der Waals surface area contributed by atoms with Crippen LogP contribution >= 0.6 is 36.4 Å². The highest BCUT2D eigenvalue weighted by Gasteiger charge is 2.27. The lowest BCUT2D eigenvalue weighted by molar-refractivity contribution is -0.139. The molecule has 1 aliphatic heterocycles. The van der Waals surface area contributed by atoms with Gasteiger partial charge in [-0.15, -0.1) is 24.8 Å². The van der Waals surface area contributed by atoms with E-state index in [1.165, 1.54) is 12.8 Å². The van der Waals surface area contributed by atoms with E-state index < -0.39 is 21.7 Å². The van der Waals surface area contributed by atoms with E-state index in [2.05, 4.69) is 11.8 Å². The minimum Gasteiger partial charge on any atom is -0.489 e. The Bertz CT molecular complexity index is 1300. The molecule has 9 nitrogen and oxygen atoms in total. The van der Waals surface area contributed by atoms with Gasteiger partial charge in [-0.1, -0.05) is 55.3 Å². The molecular weight excluding hydrogens is 623 g/mol. The van der Waals surface area contributed by atoms with Crippen LogP contribution in [0.2, 0.25) is 5.02 Å². The Morgan fingerprint density at radius 1 is 1.17 bits per heavy atom. The number of nitrogen functional groups attached to an aromatic ring is 1. The fourth-order valence-corrected chi connectivity index (χ4v) is 5.96. The summed E-state index contributed by atoms with van der Waals surface area (Å²) in [5.74, 6) is -1.20. The van der Waals surface area contributed by atoms with Gasteiger partial charge in [-0.2, -0.15) is 0 Å². The molecular formula is C29H41Cl3N4O5S. The number of rotatable bonds is 14. The summed E-state index contributed by atoms with van der Waals surface area (Å²) in [6.45, 7) is 6.88. The number of nitrogens with zero attached hydrogens (tertiary/aromatic N) is 2. The van der Waals surface area contributed by atoms with Gasteiger partial charge in [0.2, 0.25) is 10.0 Å². The van der Waals surface area contributed by atoms with Crippen molar-refractivity contribution in [2.45, 2.75) is 45.6 Å². The number of likely N-dealkylation sites (tertiary alicyclic amines) is 1. The molecule has 0 spiro atoms. The summed E-state index contributed by atoms with van der Waals surface area (Å²) in [6.07, 6.45) is 7.59. The Morgan fingerprint density at radius 3 is 2.50 bits per heavy atom. The number of ether oxygens (including phenoxy) is 2. The average Bonchev–Trinajstić information content (AvgIpc) is 2.91. The fraction of sp³-hybridized carbons (Fsp3) is 0.448. The molecule has 0 aromatic heterocycles. The first-order valence-electron chi connectivity index (χ1n) is 13.6. The summed E-state index contributed by atoms with van der Waals surface area (Å²) in [5, 5.41) is 7.91. The van der Waals surface area contributed by atoms with Crippen molar-refractivity contribution in [1.29, 1.82) is 5.41 Å². The van der Waals surface area contributed by atoms with Crippen LogP contribution in [0.5, 0.6) is 5.75 Å². The van der Waals surface area contributed by atoms with E-state index in [9.17, 15) is 13.2 Å². The first-order valence-corrected chi connectivity index (χ1v) is 15.6. The van der Waals surface area contributed by atoms with Crippen molar-refractivity contribution in [3.8, 4) is 5.75 Å². The zero-order valence-electron chi connectivity index (χ0n) is 24.0. The van der Waals surface area contributed by atoms with Gasteiger partial charge in [0, 0.05) is 18.7 Å². The zero-order valence-corrected chi connectivity index (χ0v) is 27.2. The van der Waals surface area contributed by atoms with Crippen LogP contribution < -0.4 is 14.8 Å². The minimum absolute atomic E-state index is 0. The molecule has 42 heavy (non-hydrogen) atoms. The Kier molecular flexibility index (Phi) is 16.3. The van der Waals surface area contributed by atoms with E-state index in [0.29, 0.717) is 22.0 Å². The largest absolute Gasteiger partial charge is 0.489 e. The third-order valence-corrected chi connectivity index (χ3v) is 8.51. The molecule has 3 rings (SSSR count). The molecule has 1 saturated heterocycles. The van der Waals surface area contributed by atoms with Crippen LogP contribution in [0.3, 0.4) is 0 Å². The third-order valence-electron chi connectivity index (χ3n) is 6.58. The van der Waals surface area contributed by atoms with Crippen LogP contribution in [0.25, 0.3) is 6.08 Å². The van der Waals surface area contributed by atoms with Gasteiger partial charge in [0.05, 0.1) is 23.9 Å². The molecule has 0 radical (unpaired) electrons. The molecule has 13 heteroatoms. The van der Waals surface area contributed by atoms with E-state index >= 15 is 0 Å². The van der Waals surface area contributed by atoms with E-state index in [4.69, 9.17) is 32.2 Å². The number of amidine groups is 1. The molecule has 1 fully saturated rings. The number of hydrogen-bond donors (Lipinski definition) is 2. The van der Waals surface area contributed by atoms with Crippen LogP contribution in [0.1, 0.15) is 50.7 Å². The molecule has 1 aliphatic rings. The summed E-state index contributed by atoms with van der Waals surface area (Å²) in [6, 6.07) is 11.9. The van der Waals surface area contributed by atoms with Gasteiger partial charge in [-0.25, -0.2) is 8.42 Å². The smallest absolute Gasteiger partial charge is 0.323 e. The first kappa shape index (κ1) is 37.5. The lowest BCUT2D eigenvalue weighted by Crippen LogP contribution is -2.38. The lowest BCUT2D eigenvalue weighted by Gasteiger charge is -2.32. The van der Waals surface area contributed by atoms with Crippen molar-refractivity contribution in [2.75, 3.05) is 42.8 Å². The van der Waals surface area contributed by atoms with Crippen molar-refractivity contribution in [2.24, 2.45) is 5.73 Å². The van der Waals surface area contributed by atoms with E-state index in [-0.39, 0.29) is 49.9 Å². The maximum Gasteiger partial charge on any atom is 0.323 e. The number of unbranched alkanes of at least 4 members (excludes halogenated alkanes) is 1. The topological polar surface area (TPSA) is 126 Å². The first-order chi connectivity index (χ1) is 19.1.